The number of anilines is 2. The fourth-order valence-corrected chi connectivity index (χ4v) is 5.03. The lowest BCUT2D eigenvalue weighted by Gasteiger charge is -2.40. The number of likely N-dealkylation sites (tertiary alicyclic amines) is 2. The maximum absolute atomic E-state index is 12.7. The van der Waals surface area contributed by atoms with Crippen LogP contribution < -0.4 is 11.1 Å². The van der Waals surface area contributed by atoms with Crippen molar-refractivity contribution in [3.63, 3.8) is 0 Å². The molecule has 0 saturated carbocycles. The predicted octanol–water partition coefficient (Wildman–Crippen LogP) is 2.98. The van der Waals surface area contributed by atoms with Crippen LogP contribution in [0.2, 0.25) is 0 Å². The molecule has 0 atom stereocenters. The molecule has 2 aromatic heterocycles. The highest BCUT2D eigenvalue weighted by Gasteiger charge is 2.34. The van der Waals surface area contributed by atoms with E-state index in [4.69, 9.17) is 10.2 Å². The summed E-state index contributed by atoms with van der Waals surface area (Å²) in [5.74, 6) is 1.30. The van der Waals surface area contributed by atoms with Crippen LogP contribution in [-0.2, 0) is 4.79 Å². The number of nitrogens with zero attached hydrogens (tertiary/aromatic N) is 5. The van der Waals surface area contributed by atoms with Crippen molar-refractivity contribution in [3.8, 4) is 11.1 Å². The van der Waals surface area contributed by atoms with Crippen LogP contribution in [0.15, 0.2) is 47.1 Å². The molecule has 174 valence electrons. The highest BCUT2D eigenvalue weighted by molar-refractivity contribution is 5.93. The van der Waals surface area contributed by atoms with Crippen molar-refractivity contribution in [2.45, 2.75) is 18.9 Å². The van der Waals surface area contributed by atoms with Gasteiger partial charge in [0.25, 0.3) is 6.01 Å². The van der Waals surface area contributed by atoms with E-state index in [2.05, 4.69) is 38.3 Å². The Hall–Kier alpha value is -3.72. The van der Waals surface area contributed by atoms with Gasteiger partial charge < -0.3 is 25.3 Å². The van der Waals surface area contributed by atoms with Crippen molar-refractivity contribution in [2.24, 2.45) is 5.92 Å². The van der Waals surface area contributed by atoms with Crippen molar-refractivity contribution in [2.75, 3.05) is 44.3 Å². The van der Waals surface area contributed by atoms with E-state index < -0.39 is 0 Å². The van der Waals surface area contributed by atoms with Crippen LogP contribution in [0.5, 0.6) is 0 Å². The fourth-order valence-electron chi connectivity index (χ4n) is 5.03. The number of carbonyl (C=O) groups is 1. The summed E-state index contributed by atoms with van der Waals surface area (Å²) < 4.78 is 5.39. The molecule has 0 aliphatic carbocycles. The van der Waals surface area contributed by atoms with Crippen molar-refractivity contribution < 1.29 is 9.21 Å². The van der Waals surface area contributed by atoms with Crippen molar-refractivity contribution in [3.05, 3.63) is 42.7 Å². The number of hydrogen-bond donors (Lipinski definition) is 2. The first-order valence-corrected chi connectivity index (χ1v) is 11.7. The van der Waals surface area contributed by atoms with E-state index >= 15 is 0 Å². The molecule has 6 rings (SSSR count). The minimum atomic E-state index is 0.165. The molecule has 0 bridgehead atoms. The Morgan fingerprint density at radius 3 is 2.62 bits per heavy atom. The number of amides is 1. The topological polar surface area (TPSA) is 113 Å². The first kappa shape index (κ1) is 20.9. The second-order valence-corrected chi connectivity index (χ2v) is 9.35. The molecule has 9 nitrogen and oxygen atoms in total. The molecule has 34 heavy (non-hydrogen) atoms. The number of aromatic nitrogens is 3. The van der Waals surface area contributed by atoms with Gasteiger partial charge in [-0.25, -0.2) is 9.97 Å². The van der Waals surface area contributed by atoms with Gasteiger partial charge in [-0.3, -0.25) is 4.79 Å². The fraction of sp³-hybridized carbons (Fsp3) is 0.360. The zero-order valence-corrected chi connectivity index (χ0v) is 19.1. The van der Waals surface area contributed by atoms with Gasteiger partial charge in [0, 0.05) is 37.6 Å². The zero-order chi connectivity index (χ0) is 23.2. The molecule has 2 saturated heterocycles. The van der Waals surface area contributed by atoms with Gasteiger partial charge in [-0.05, 0) is 55.3 Å². The highest BCUT2D eigenvalue weighted by Crippen LogP contribution is 2.30. The average molecular weight is 458 g/mol. The summed E-state index contributed by atoms with van der Waals surface area (Å²) in [6.45, 7) is 3.32. The van der Waals surface area contributed by atoms with Crippen LogP contribution in [0.1, 0.15) is 12.8 Å². The summed E-state index contributed by atoms with van der Waals surface area (Å²) in [5, 5.41) is 4.59. The number of carbonyl (C=O) groups excluding carboxylic acids is 1. The maximum atomic E-state index is 12.7. The molecule has 2 fully saturated rings. The first-order chi connectivity index (χ1) is 16.5. The Labute approximate surface area is 197 Å². The number of piperidine rings is 1. The molecule has 0 radical (unpaired) electrons. The van der Waals surface area contributed by atoms with Crippen LogP contribution in [0.25, 0.3) is 33.1 Å². The third kappa shape index (κ3) is 3.81. The summed E-state index contributed by atoms with van der Waals surface area (Å²) in [7, 11) is 2.06. The lowest BCUT2D eigenvalue weighted by molar-refractivity contribution is -0.141. The van der Waals surface area contributed by atoms with Crippen LogP contribution in [0, 0.1) is 5.92 Å². The third-order valence-corrected chi connectivity index (χ3v) is 6.93. The summed E-state index contributed by atoms with van der Waals surface area (Å²) in [6, 6.07) is 12.4. The third-order valence-electron chi connectivity index (χ3n) is 6.93. The second-order valence-electron chi connectivity index (χ2n) is 9.35. The lowest BCUT2D eigenvalue weighted by Crippen LogP contribution is -2.54. The number of oxazole rings is 1. The molecule has 3 N–H and O–H groups in total. The maximum Gasteiger partial charge on any atom is 0.292 e. The monoisotopic (exact) mass is 457 g/mol. The van der Waals surface area contributed by atoms with Gasteiger partial charge in [-0.15, -0.1) is 0 Å². The van der Waals surface area contributed by atoms with Gasteiger partial charge in [0.05, 0.1) is 11.4 Å². The zero-order valence-electron chi connectivity index (χ0n) is 19.1. The van der Waals surface area contributed by atoms with Gasteiger partial charge in [0.2, 0.25) is 5.91 Å². The molecule has 0 spiro atoms. The minimum absolute atomic E-state index is 0.165. The Morgan fingerprint density at radius 1 is 1.06 bits per heavy atom. The summed E-state index contributed by atoms with van der Waals surface area (Å²) in [4.78, 5) is 30.1. The van der Waals surface area contributed by atoms with E-state index in [9.17, 15) is 4.79 Å². The predicted molar refractivity (Wildman–Crippen MR) is 131 cm³/mol. The van der Waals surface area contributed by atoms with E-state index in [1.165, 1.54) is 0 Å². The lowest BCUT2D eigenvalue weighted by atomic mass is 9.97. The Morgan fingerprint density at radius 2 is 1.82 bits per heavy atom. The Balaban J connectivity index is 1.20. The number of nitrogens with two attached hydrogens (primary N) is 1. The number of benzene rings is 2. The molecular weight excluding hydrogens is 430 g/mol. The molecule has 9 heteroatoms. The molecule has 1 amide bonds. The summed E-state index contributed by atoms with van der Waals surface area (Å²) in [6.07, 6.45) is 3.41. The Bertz CT molecular complexity index is 1370. The van der Waals surface area contributed by atoms with E-state index in [-0.39, 0.29) is 18.0 Å². The van der Waals surface area contributed by atoms with Crippen molar-refractivity contribution in [1.82, 2.24) is 24.8 Å². The normalized spacial score (nSPS) is 17.9. The van der Waals surface area contributed by atoms with Crippen molar-refractivity contribution >= 4 is 39.7 Å². The van der Waals surface area contributed by atoms with Gasteiger partial charge in [0.15, 0.2) is 5.58 Å². The molecule has 4 aromatic rings. The van der Waals surface area contributed by atoms with Crippen LogP contribution in [0.3, 0.4) is 0 Å². The number of fused-ring (bicyclic) bond motifs is 2. The van der Waals surface area contributed by atoms with Crippen LogP contribution in [0.4, 0.5) is 11.8 Å². The molecule has 2 aliphatic rings. The van der Waals surface area contributed by atoms with E-state index in [0.29, 0.717) is 11.5 Å². The smallest absolute Gasteiger partial charge is 0.292 e. The Kier molecular flexibility index (Phi) is 5.06. The van der Waals surface area contributed by atoms with Gasteiger partial charge in [-0.1, -0.05) is 12.1 Å². The molecule has 2 aromatic carbocycles. The number of nitrogen functional groups attached to an aromatic ring is 1. The van der Waals surface area contributed by atoms with Crippen molar-refractivity contribution in [1.29, 1.82) is 0 Å². The first-order valence-electron chi connectivity index (χ1n) is 11.7. The molecular formula is C25H27N7O2. The number of rotatable bonds is 4. The number of nitrogens with one attached hydrogen (secondary N) is 1. The summed E-state index contributed by atoms with van der Waals surface area (Å²) >= 11 is 0. The van der Waals surface area contributed by atoms with Gasteiger partial charge in [-0.2, -0.15) is 4.98 Å². The van der Waals surface area contributed by atoms with E-state index in [0.717, 1.165) is 72.4 Å². The average Bonchev–Trinajstić information content (AvgIpc) is 3.21. The van der Waals surface area contributed by atoms with Gasteiger partial charge >= 0.3 is 0 Å². The molecule has 0 unspecified atom stereocenters. The molecule has 2 aliphatic heterocycles. The van der Waals surface area contributed by atoms with Gasteiger partial charge in [0.1, 0.15) is 17.7 Å². The van der Waals surface area contributed by atoms with E-state index in [1.807, 2.05) is 35.2 Å². The molecule has 4 heterocycles. The highest BCUT2D eigenvalue weighted by atomic mass is 16.4. The summed E-state index contributed by atoms with van der Waals surface area (Å²) in [5.41, 5.74) is 10.0. The van der Waals surface area contributed by atoms with Crippen LogP contribution >= 0.6 is 0 Å². The standard InChI is InChI=1S/C25H27N7O2/c1-31-12-17(13-31)24(33)32-8-6-18(7-9-32)29-23-19-10-15(2-4-20(19)27-14-28-23)16-3-5-22-21(11-16)30-25(26)34-22/h2-5,10-11,14,17-18H,6-9,12-13H2,1H3,(H2,26,30)(H,27,28,29). The quantitative estimate of drug-likeness (QED) is 0.481. The van der Waals surface area contributed by atoms with Crippen LogP contribution in [-0.4, -0.2) is 69.9 Å². The minimum Gasteiger partial charge on any atom is -0.424 e. The SMILES string of the molecule is CN1CC(C(=O)N2CCC(Nc3ncnc4ccc(-c5ccc6oc(N)nc6c5)cc34)CC2)C1. The number of hydrogen-bond acceptors (Lipinski definition) is 8. The van der Waals surface area contributed by atoms with E-state index in [1.54, 1.807) is 6.33 Å². The second kappa shape index (κ2) is 8.25. The largest absolute Gasteiger partial charge is 0.424 e.